The molecule has 1 aromatic carbocycles. The van der Waals surface area contributed by atoms with Crippen LogP contribution in [0.1, 0.15) is 36.4 Å². The Morgan fingerprint density at radius 3 is 2.50 bits per heavy atom. The van der Waals surface area contributed by atoms with Crippen LogP contribution in [0.4, 0.5) is 0 Å². The van der Waals surface area contributed by atoms with Gasteiger partial charge in [0.05, 0.1) is 5.41 Å². The van der Waals surface area contributed by atoms with E-state index in [1.165, 1.54) is 0 Å². The lowest BCUT2D eigenvalue weighted by Crippen LogP contribution is -2.47. The monoisotopic (exact) mass is 219 g/mol. The molecule has 1 aliphatic rings. The van der Waals surface area contributed by atoms with Gasteiger partial charge in [0, 0.05) is 6.04 Å². The zero-order valence-corrected chi connectivity index (χ0v) is 9.44. The highest BCUT2D eigenvalue weighted by Crippen LogP contribution is 2.49. The summed E-state index contributed by atoms with van der Waals surface area (Å²) < 4.78 is 0. The average Bonchev–Trinajstić information content (AvgIpc) is 2.15. The number of benzene rings is 1. The number of carbonyl (C=O) groups is 1. The summed E-state index contributed by atoms with van der Waals surface area (Å²) in [5.74, 6) is -0.755. The molecule has 0 saturated heterocycles. The molecular formula is C13H17NO2. The summed E-state index contributed by atoms with van der Waals surface area (Å²) in [7, 11) is 0. The minimum absolute atomic E-state index is 0.389. The number of rotatable bonds is 3. The van der Waals surface area contributed by atoms with Crippen molar-refractivity contribution in [3.8, 4) is 0 Å². The molecule has 3 nitrogen and oxygen atoms in total. The molecule has 0 bridgehead atoms. The number of hydrogen-bond donors (Lipinski definition) is 2. The summed E-state index contributed by atoms with van der Waals surface area (Å²) in [4.78, 5) is 11.3. The molecule has 1 aromatic rings. The summed E-state index contributed by atoms with van der Waals surface area (Å²) in [6.07, 6.45) is 2.35. The molecule has 3 N–H and O–H groups in total. The SMILES string of the molecule is Cc1ccccc1C(N)C1(C(=O)O)CCC1. The summed E-state index contributed by atoms with van der Waals surface area (Å²) in [6, 6.07) is 7.38. The average molecular weight is 219 g/mol. The van der Waals surface area contributed by atoms with E-state index in [2.05, 4.69) is 0 Å². The van der Waals surface area contributed by atoms with E-state index >= 15 is 0 Å². The van der Waals surface area contributed by atoms with Gasteiger partial charge < -0.3 is 10.8 Å². The number of carboxylic acid groups (broad SMARTS) is 1. The van der Waals surface area contributed by atoms with Crippen LogP contribution >= 0.6 is 0 Å². The number of aliphatic carboxylic acids is 1. The van der Waals surface area contributed by atoms with E-state index in [0.717, 1.165) is 17.5 Å². The quantitative estimate of drug-likeness (QED) is 0.819. The second kappa shape index (κ2) is 3.91. The van der Waals surface area contributed by atoms with Gasteiger partial charge in [0.2, 0.25) is 0 Å². The molecule has 0 aromatic heterocycles. The van der Waals surface area contributed by atoms with Crippen molar-refractivity contribution in [3.05, 3.63) is 35.4 Å². The van der Waals surface area contributed by atoms with Crippen molar-refractivity contribution in [2.75, 3.05) is 0 Å². The van der Waals surface area contributed by atoms with Crippen LogP contribution in [0.2, 0.25) is 0 Å². The second-order valence-corrected chi connectivity index (χ2v) is 4.65. The zero-order valence-electron chi connectivity index (χ0n) is 9.44. The molecule has 86 valence electrons. The minimum atomic E-state index is -0.755. The summed E-state index contributed by atoms with van der Waals surface area (Å²) in [5.41, 5.74) is 7.46. The maximum absolute atomic E-state index is 11.3. The third-order valence-electron chi connectivity index (χ3n) is 3.79. The number of hydrogen-bond acceptors (Lipinski definition) is 2. The normalized spacial score (nSPS) is 19.9. The van der Waals surface area contributed by atoms with Gasteiger partial charge >= 0.3 is 5.97 Å². The summed E-state index contributed by atoms with van der Waals surface area (Å²) >= 11 is 0. The van der Waals surface area contributed by atoms with Gasteiger partial charge in [-0.3, -0.25) is 4.79 Å². The van der Waals surface area contributed by atoms with Crippen molar-refractivity contribution >= 4 is 5.97 Å². The van der Waals surface area contributed by atoms with Crippen molar-refractivity contribution < 1.29 is 9.90 Å². The van der Waals surface area contributed by atoms with Gasteiger partial charge in [-0.15, -0.1) is 0 Å². The van der Waals surface area contributed by atoms with Crippen molar-refractivity contribution in [3.63, 3.8) is 0 Å². The van der Waals surface area contributed by atoms with Crippen LogP contribution in [-0.4, -0.2) is 11.1 Å². The minimum Gasteiger partial charge on any atom is -0.481 e. The standard InChI is InChI=1S/C13H17NO2/c1-9-5-2-3-6-10(9)11(14)13(12(15)16)7-4-8-13/h2-3,5-6,11H,4,7-8,14H2,1H3,(H,15,16). The fourth-order valence-corrected chi connectivity index (χ4v) is 2.45. The van der Waals surface area contributed by atoms with Gasteiger partial charge in [-0.05, 0) is 30.9 Å². The smallest absolute Gasteiger partial charge is 0.311 e. The Hall–Kier alpha value is -1.35. The molecule has 0 spiro atoms. The first-order valence-corrected chi connectivity index (χ1v) is 5.62. The third-order valence-corrected chi connectivity index (χ3v) is 3.79. The molecule has 0 aliphatic heterocycles. The first-order valence-electron chi connectivity index (χ1n) is 5.62. The molecular weight excluding hydrogens is 202 g/mol. The summed E-state index contributed by atoms with van der Waals surface area (Å²) in [6.45, 7) is 1.98. The van der Waals surface area contributed by atoms with Crippen LogP contribution in [0.5, 0.6) is 0 Å². The van der Waals surface area contributed by atoms with E-state index in [4.69, 9.17) is 5.73 Å². The highest BCUT2D eigenvalue weighted by atomic mass is 16.4. The highest BCUT2D eigenvalue weighted by molar-refractivity contribution is 5.77. The van der Waals surface area contributed by atoms with Gasteiger partial charge in [-0.25, -0.2) is 0 Å². The molecule has 2 rings (SSSR count). The van der Waals surface area contributed by atoms with Crippen molar-refractivity contribution in [2.24, 2.45) is 11.1 Å². The molecule has 1 unspecified atom stereocenters. The predicted molar refractivity (Wildman–Crippen MR) is 62.0 cm³/mol. The Morgan fingerprint density at radius 1 is 1.44 bits per heavy atom. The van der Waals surface area contributed by atoms with E-state index < -0.39 is 11.4 Å². The molecule has 16 heavy (non-hydrogen) atoms. The van der Waals surface area contributed by atoms with Crippen molar-refractivity contribution in [1.82, 2.24) is 0 Å². The van der Waals surface area contributed by atoms with E-state index in [1.54, 1.807) is 0 Å². The number of nitrogens with two attached hydrogens (primary N) is 1. The lowest BCUT2D eigenvalue weighted by molar-refractivity contribution is -0.156. The highest BCUT2D eigenvalue weighted by Gasteiger charge is 2.49. The Bertz CT molecular complexity index is 410. The zero-order chi connectivity index (χ0) is 11.8. The van der Waals surface area contributed by atoms with Gasteiger partial charge in [0.15, 0.2) is 0 Å². The Labute approximate surface area is 95.3 Å². The predicted octanol–water partition coefficient (Wildman–Crippen LogP) is 2.25. The van der Waals surface area contributed by atoms with Crippen molar-refractivity contribution in [2.45, 2.75) is 32.2 Å². The molecule has 3 heteroatoms. The van der Waals surface area contributed by atoms with E-state index in [1.807, 2.05) is 31.2 Å². The van der Waals surface area contributed by atoms with Gasteiger partial charge in [0.25, 0.3) is 0 Å². The lowest BCUT2D eigenvalue weighted by atomic mass is 9.62. The lowest BCUT2D eigenvalue weighted by Gasteiger charge is -2.42. The van der Waals surface area contributed by atoms with Crippen LogP contribution in [0, 0.1) is 12.3 Å². The van der Waals surface area contributed by atoms with Gasteiger partial charge in [-0.2, -0.15) is 0 Å². The number of aryl methyl sites for hydroxylation is 1. The second-order valence-electron chi connectivity index (χ2n) is 4.65. The van der Waals surface area contributed by atoms with Crippen molar-refractivity contribution in [1.29, 1.82) is 0 Å². The Balaban J connectivity index is 2.35. The van der Waals surface area contributed by atoms with Crippen LogP contribution < -0.4 is 5.73 Å². The molecule has 1 aliphatic carbocycles. The van der Waals surface area contributed by atoms with E-state index in [0.29, 0.717) is 12.8 Å². The van der Waals surface area contributed by atoms with Gasteiger partial charge in [0.1, 0.15) is 0 Å². The van der Waals surface area contributed by atoms with Crippen LogP contribution in [-0.2, 0) is 4.79 Å². The maximum atomic E-state index is 11.3. The largest absolute Gasteiger partial charge is 0.481 e. The first kappa shape index (κ1) is 11.1. The molecule has 0 radical (unpaired) electrons. The molecule has 0 heterocycles. The van der Waals surface area contributed by atoms with Crippen LogP contribution in [0.3, 0.4) is 0 Å². The maximum Gasteiger partial charge on any atom is 0.311 e. The molecule has 0 amide bonds. The van der Waals surface area contributed by atoms with Gasteiger partial charge in [-0.1, -0.05) is 30.7 Å². The molecule has 1 atom stereocenters. The van der Waals surface area contributed by atoms with E-state index in [9.17, 15) is 9.90 Å². The van der Waals surface area contributed by atoms with Crippen LogP contribution in [0.25, 0.3) is 0 Å². The molecule has 1 fully saturated rings. The Morgan fingerprint density at radius 2 is 2.06 bits per heavy atom. The third kappa shape index (κ3) is 1.52. The fraction of sp³-hybridized carbons (Fsp3) is 0.462. The van der Waals surface area contributed by atoms with Crippen LogP contribution in [0.15, 0.2) is 24.3 Å². The Kier molecular flexibility index (Phi) is 2.72. The van der Waals surface area contributed by atoms with E-state index in [-0.39, 0.29) is 6.04 Å². The first-order chi connectivity index (χ1) is 7.58. The molecule has 1 saturated carbocycles. The fourth-order valence-electron chi connectivity index (χ4n) is 2.45. The number of carboxylic acids is 1. The summed E-state index contributed by atoms with van der Waals surface area (Å²) in [5, 5.41) is 9.33. The topological polar surface area (TPSA) is 63.3 Å².